The van der Waals surface area contributed by atoms with Gasteiger partial charge in [0.1, 0.15) is 5.75 Å². The van der Waals surface area contributed by atoms with Gasteiger partial charge in [0.05, 0.1) is 7.11 Å². The van der Waals surface area contributed by atoms with Gasteiger partial charge >= 0.3 is 0 Å². The molecule has 34 heavy (non-hydrogen) atoms. The van der Waals surface area contributed by atoms with Crippen LogP contribution in [0.25, 0.3) is 10.9 Å². The molecule has 172 valence electrons. The average Bonchev–Trinajstić information content (AvgIpc) is 3.65. The molecular formula is C28H27N3O3. The molecule has 1 fully saturated rings. The number of para-hydroxylation sites is 1. The van der Waals surface area contributed by atoms with Gasteiger partial charge in [0.15, 0.2) is 0 Å². The molecule has 1 aliphatic carbocycles. The van der Waals surface area contributed by atoms with Gasteiger partial charge in [-0.1, -0.05) is 36.4 Å². The van der Waals surface area contributed by atoms with Gasteiger partial charge in [-0.15, -0.1) is 0 Å². The van der Waals surface area contributed by atoms with Crippen molar-refractivity contribution in [2.45, 2.75) is 18.8 Å². The Balaban J connectivity index is 1.37. The van der Waals surface area contributed by atoms with Crippen molar-refractivity contribution in [3.63, 3.8) is 0 Å². The van der Waals surface area contributed by atoms with Crippen LogP contribution >= 0.6 is 0 Å². The molecule has 1 aliphatic rings. The van der Waals surface area contributed by atoms with E-state index in [0.717, 1.165) is 40.6 Å². The van der Waals surface area contributed by atoms with Crippen molar-refractivity contribution in [3.8, 4) is 5.75 Å². The molecular weight excluding hydrogens is 426 g/mol. The number of carbonyl (C=O) groups is 2. The summed E-state index contributed by atoms with van der Waals surface area (Å²) in [5.74, 6) is 0.690. The summed E-state index contributed by atoms with van der Waals surface area (Å²) in [6.07, 6.45) is 3.89. The molecule has 1 unspecified atom stereocenters. The van der Waals surface area contributed by atoms with E-state index in [9.17, 15) is 9.59 Å². The number of fused-ring (bicyclic) bond motifs is 1. The van der Waals surface area contributed by atoms with Crippen molar-refractivity contribution < 1.29 is 14.3 Å². The number of H-pyrrole nitrogens is 1. The first-order valence-electron chi connectivity index (χ1n) is 11.5. The first kappa shape index (κ1) is 21.8. The molecule has 3 aromatic carbocycles. The third-order valence-corrected chi connectivity index (χ3v) is 6.32. The molecule has 0 aliphatic heterocycles. The Morgan fingerprint density at radius 3 is 2.59 bits per heavy atom. The average molecular weight is 454 g/mol. The monoisotopic (exact) mass is 453 g/mol. The Morgan fingerprint density at radius 1 is 1.03 bits per heavy atom. The van der Waals surface area contributed by atoms with Crippen LogP contribution in [0.4, 0.5) is 5.69 Å². The van der Waals surface area contributed by atoms with E-state index in [1.54, 1.807) is 25.3 Å². The lowest BCUT2D eigenvalue weighted by atomic mass is 9.90. The van der Waals surface area contributed by atoms with Crippen LogP contribution < -0.4 is 15.4 Å². The summed E-state index contributed by atoms with van der Waals surface area (Å²) in [6, 6.07) is 23.2. The fourth-order valence-electron chi connectivity index (χ4n) is 4.25. The van der Waals surface area contributed by atoms with Crippen LogP contribution in [-0.2, 0) is 4.79 Å². The molecule has 1 heterocycles. The maximum atomic E-state index is 13.0. The van der Waals surface area contributed by atoms with Crippen molar-refractivity contribution >= 4 is 28.4 Å². The quantitative estimate of drug-likeness (QED) is 0.348. The zero-order chi connectivity index (χ0) is 23.5. The lowest BCUT2D eigenvalue weighted by molar-refractivity contribution is -0.117. The number of benzene rings is 3. The fourth-order valence-corrected chi connectivity index (χ4v) is 4.25. The zero-order valence-electron chi connectivity index (χ0n) is 19.0. The maximum Gasteiger partial charge on any atom is 0.251 e. The number of methoxy groups -OCH3 is 1. The maximum absolute atomic E-state index is 13.0. The smallest absolute Gasteiger partial charge is 0.251 e. The number of aromatic amines is 1. The number of nitrogens with one attached hydrogen (secondary N) is 3. The Hall–Kier alpha value is -4.06. The molecule has 1 saturated carbocycles. The van der Waals surface area contributed by atoms with E-state index in [-0.39, 0.29) is 23.7 Å². The van der Waals surface area contributed by atoms with Crippen LogP contribution in [0.2, 0.25) is 0 Å². The van der Waals surface area contributed by atoms with Crippen LogP contribution in [0.3, 0.4) is 0 Å². The van der Waals surface area contributed by atoms with E-state index >= 15 is 0 Å². The molecule has 0 spiro atoms. The number of aromatic nitrogens is 1. The van der Waals surface area contributed by atoms with Gasteiger partial charge in [-0.25, -0.2) is 0 Å². The summed E-state index contributed by atoms with van der Waals surface area (Å²) < 4.78 is 5.32. The summed E-state index contributed by atoms with van der Waals surface area (Å²) in [6.45, 7) is 0.422. The molecule has 5 rings (SSSR count). The predicted molar refractivity (Wildman–Crippen MR) is 133 cm³/mol. The summed E-state index contributed by atoms with van der Waals surface area (Å²) in [5.41, 5.74) is 4.41. The van der Waals surface area contributed by atoms with E-state index in [1.807, 2.05) is 54.7 Å². The second-order valence-corrected chi connectivity index (χ2v) is 8.67. The van der Waals surface area contributed by atoms with Crippen molar-refractivity contribution in [3.05, 3.63) is 95.7 Å². The standard InChI is InChI=1S/C28H27N3O3/c1-34-22-13-11-18(12-14-22)24(25-17-29-26-8-3-2-7-23(25)26)16-30-27(32)20-5-4-6-21(15-20)31-28(33)19-9-10-19/h2-8,11-15,17,19,24,29H,9-10,16H2,1H3,(H,30,32)(H,31,33). The first-order chi connectivity index (χ1) is 16.6. The normalized spacial score (nSPS) is 13.9. The topological polar surface area (TPSA) is 83.2 Å². The third kappa shape index (κ3) is 4.66. The highest BCUT2D eigenvalue weighted by atomic mass is 16.5. The molecule has 3 N–H and O–H groups in total. The van der Waals surface area contributed by atoms with Gasteiger partial charge < -0.3 is 20.4 Å². The van der Waals surface area contributed by atoms with Gasteiger partial charge in [-0.05, 0) is 60.4 Å². The summed E-state index contributed by atoms with van der Waals surface area (Å²) in [7, 11) is 1.65. The predicted octanol–water partition coefficient (Wildman–Crippen LogP) is 5.09. The van der Waals surface area contributed by atoms with E-state index < -0.39 is 0 Å². The lowest BCUT2D eigenvalue weighted by Gasteiger charge is -2.19. The highest BCUT2D eigenvalue weighted by Crippen LogP contribution is 2.32. The number of carbonyl (C=O) groups excluding carboxylic acids is 2. The van der Waals surface area contributed by atoms with Crippen LogP contribution in [0.1, 0.15) is 40.2 Å². The molecule has 0 saturated heterocycles. The first-order valence-corrected chi connectivity index (χ1v) is 11.5. The molecule has 1 atom stereocenters. The minimum Gasteiger partial charge on any atom is -0.497 e. The number of amides is 2. The van der Waals surface area contributed by atoms with Crippen molar-refractivity contribution in [2.75, 3.05) is 19.0 Å². The van der Waals surface area contributed by atoms with Gasteiger partial charge in [-0.3, -0.25) is 9.59 Å². The third-order valence-electron chi connectivity index (χ3n) is 6.32. The van der Waals surface area contributed by atoms with Crippen LogP contribution in [0.5, 0.6) is 5.75 Å². The van der Waals surface area contributed by atoms with E-state index in [4.69, 9.17) is 4.74 Å². The SMILES string of the molecule is COc1ccc(C(CNC(=O)c2cccc(NC(=O)C3CC3)c2)c2c[nH]c3ccccc23)cc1. The lowest BCUT2D eigenvalue weighted by Crippen LogP contribution is -2.29. The fraction of sp³-hybridized carbons (Fsp3) is 0.214. The van der Waals surface area contributed by atoms with Crippen molar-refractivity contribution in [1.82, 2.24) is 10.3 Å². The van der Waals surface area contributed by atoms with Crippen LogP contribution in [0.15, 0.2) is 79.0 Å². The molecule has 0 bridgehead atoms. The van der Waals surface area contributed by atoms with Crippen LogP contribution in [0, 0.1) is 5.92 Å². The Labute approximate surface area is 198 Å². The van der Waals surface area contributed by atoms with E-state index in [2.05, 4.69) is 21.7 Å². The highest BCUT2D eigenvalue weighted by molar-refractivity contribution is 5.98. The number of hydrogen-bond donors (Lipinski definition) is 3. The number of anilines is 1. The van der Waals surface area contributed by atoms with Gasteiger partial charge in [-0.2, -0.15) is 0 Å². The summed E-state index contributed by atoms with van der Waals surface area (Å²) in [4.78, 5) is 28.5. The minimum atomic E-state index is -0.180. The second-order valence-electron chi connectivity index (χ2n) is 8.67. The van der Waals surface area contributed by atoms with Crippen molar-refractivity contribution in [1.29, 1.82) is 0 Å². The minimum absolute atomic E-state index is 0.0245. The molecule has 4 aromatic rings. The summed E-state index contributed by atoms with van der Waals surface area (Å²) in [5, 5.41) is 7.13. The van der Waals surface area contributed by atoms with Crippen LogP contribution in [-0.4, -0.2) is 30.5 Å². The van der Waals surface area contributed by atoms with E-state index in [1.165, 1.54) is 0 Å². The Morgan fingerprint density at radius 2 is 1.82 bits per heavy atom. The Bertz CT molecular complexity index is 1320. The molecule has 6 heteroatoms. The number of hydrogen-bond acceptors (Lipinski definition) is 3. The number of rotatable bonds is 8. The van der Waals surface area contributed by atoms with E-state index in [0.29, 0.717) is 17.8 Å². The summed E-state index contributed by atoms with van der Waals surface area (Å²) >= 11 is 0. The van der Waals surface area contributed by atoms with Gasteiger partial charge in [0, 0.05) is 46.7 Å². The second kappa shape index (κ2) is 9.43. The number of ether oxygens (including phenoxy) is 1. The molecule has 1 aromatic heterocycles. The molecule has 2 amide bonds. The molecule has 6 nitrogen and oxygen atoms in total. The largest absolute Gasteiger partial charge is 0.497 e. The zero-order valence-corrected chi connectivity index (χ0v) is 19.0. The Kier molecular flexibility index (Phi) is 6.04. The molecule has 0 radical (unpaired) electrons. The van der Waals surface area contributed by atoms with Gasteiger partial charge in [0.2, 0.25) is 5.91 Å². The van der Waals surface area contributed by atoms with Crippen molar-refractivity contribution in [2.24, 2.45) is 5.92 Å². The van der Waals surface area contributed by atoms with Gasteiger partial charge in [0.25, 0.3) is 5.91 Å². The highest BCUT2D eigenvalue weighted by Gasteiger charge is 2.29.